The maximum Gasteiger partial charge on any atom is 0.471 e. The van der Waals surface area contributed by atoms with Crippen LogP contribution in [0.3, 0.4) is 0 Å². The fourth-order valence-electron chi connectivity index (χ4n) is 2.12. The average Bonchev–Trinajstić information content (AvgIpc) is 2.86. The highest BCUT2D eigenvalue weighted by Crippen LogP contribution is 2.36. The summed E-state index contributed by atoms with van der Waals surface area (Å²) < 4.78 is 42.1. The van der Waals surface area contributed by atoms with E-state index in [1.54, 1.807) is 30.4 Å². The number of aromatic nitrogens is 1. The molecular formula is C14H10F3N3O3S. The number of amides is 2. The maximum atomic E-state index is 12.3. The first-order valence-electron chi connectivity index (χ1n) is 6.67. The number of rotatable bonds is 2. The third-order valence-corrected chi connectivity index (χ3v) is 4.05. The minimum Gasteiger partial charge on any atom is -0.482 e. The number of hydrogen-bond acceptors (Lipinski definition) is 5. The molecule has 2 N–H and O–H groups in total. The molecule has 1 aliphatic rings. The van der Waals surface area contributed by atoms with E-state index in [-0.39, 0.29) is 17.6 Å². The van der Waals surface area contributed by atoms with Gasteiger partial charge in [0.1, 0.15) is 5.75 Å². The molecule has 24 heavy (non-hydrogen) atoms. The van der Waals surface area contributed by atoms with Crippen LogP contribution in [0.1, 0.15) is 4.88 Å². The fraction of sp³-hybridized carbons (Fsp3) is 0.214. The summed E-state index contributed by atoms with van der Waals surface area (Å²) in [4.78, 5) is 27.0. The third-order valence-electron chi connectivity index (χ3n) is 3.16. The zero-order valence-electron chi connectivity index (χ0n) is 12.2. The number of fused-ring (bicyclic) bond motifs is 1. The van der Waals surface area contributed by atoms with Gasteiger partial charge in [-0.2, -0.15) is 13.2 Å². The summed E-state index contributed by atoms with van der Waals surface area (Å²) in [5.41, 5.74) is 1.46. The first-order chi connectivity index (χ1) is 11.2. The standard InChI is InChI=1S/C14H10F3N3O3S/c1-6-11(19-13(24-6)20-12(22)14(15,16)17)7-2-3-9-8(4-7)18-10(21)5-23-9/h2-4H,5H2,1H3,(H,18,21)(H,19,20,22). The second-order valence-corrected chi connectivity index (χ2v) is 6.13. The van der Waals surface area contributed by atoms with Crippen molar-refractivity contribution in [3.8, 4) is 17.0 Å². The summed E-state index contributed by atoms with van der Waals surface area (Å²) in [7, 11) is 0. The first-order valence-corrected chi connectivity index (χ1v) is 7.48. The average molecular weight is 357 g/mol. The molecule has 0 bridgehead atoms. The Kier molecular flexibility index (Phi) is 3.91. The van der Waals surface area contributed by atoms with E-state index in [1.807, 2.05) is 0 Å². The van der Waals surface area contributed by atoms with Gasteiger partial charge in [-0.3, -0.25) is 14.9 Å². The van der Waals surface area contributed by atoms with Gasteiger partial charge in [0.15, 0.2) is 11.7 Å². The normalized spacial score (nSPS) is 13.8. The number of benzene rings is 1. The highest BCUT2D eigenvalue weighted by atomic mass is 32.1. The van der Waals surface area contributed by atoms with Crippen molar-refractivity contribution < 1.29 is 27.5 Å². The molecule has 2 amide bonds. The second kappa shape index (κ2) is 5.78. The van der Waals surface area contributed by atoms with Crippen molar-refractivity contribution in [3.05, 3.63) is 23.1 Å². The minimum absolute atomic E-state index is 0.0737. The van der Waals surface area contributed by atoms with Gasteiger partial charge in [-0.25, -0.2) is 4.98 Å². The summed E-state index contributed by atoms with van der Waals surface area (Å²) in [5.74, 6) is -1.88. The van der Waals surface area contributed by atoms with E-state index >= 15 is 0 Å². The number of hydrogen-bond donors (Lipinski definition) is 2. The van der Waals surface area contributed by atoms with E-state index in [4.69, 9.17) is 4.74 Å². The molecule has 1 aromatic heterocycles. The molecule has 0 unspecified atom stereocenters. The van der Waals surface area contributed by atoms with Gasteiger partial charge in [0.25, 0.3) is 5.91 Å². The summed E-state index contributed by atoms with van der Waals surface area (Å²) >= 11 is 0.930. The smallest absolute Gasteiger partial charge is 0.471 e. The number of carbonyl (C=O) groups is 2. The number of alkyl halides is 3. The SMILES string of the molecule is Cc1sc(NC(=O)C(F)(F)F)nc1-c1ccc2c(c1)NC(=O)CO2. The van der Waals surface area contributed by atoms with Crippen LogP contribution in [0.4, 0.5) is 24.0 Å². The molecule has 1 aliphatic heterocycles. The van der Waals surface area contributed by atoms with Crippen LogP contribution in [-0.4, -0.2) is 29.6 Å². The Balaban J connectivity index is 1.89. The highest BCUT2D eigenvalue weighted by molar-refractivity contribution is 7.16. The van der Waals surface area contributed by atoms with Crippen LogP contribution in [0, 0.1) is 6.92 Å². The molecule has 2 heterocycles. The van der Waals surface area contributed by atoms with Crippen molar-refractivity contribution in [1.29, 1.82) is 0 Å². The van der Waals surface area contributed by atoms with Crippen LogP contribution in [0.2, 0.25) is 0 Å². The Hall–Kier alpha value is -2.62. The van der Waals surface area contributed by atoms with Crippen molar-refractivity contribution in [2.24, 2.45) is 0 Å². The highest BCUT2D eigenvalue weighted by Gasteiger charge is 2.39. The Bertz CT molecular complexity index is 832. The van der Waals surface area contributed by atoms with Gasteiger partial charge >= 0.3 is 12.1 Å². The molecule has 10 heteroatoms. The zero-order chi connectivity index (χ0) is 17.5. The van der Waals surface area contributed by atoms with E-state index in [0.29, 0.717) is 27.6 Å². The van der Waals surface area contributed by atoms with Gasteiger partial charge < -0.3 is 10.1 Å². The van der Waals surface area contributed by atoms with Gasteiger partial charge in [-0.05, 0) is 25.1 Å². The monoisotopic (exact) mass is 357 g/mol. The lowest BCUT2D eigenvalue weighted by molar-refractivity contribution is -0.167. The van der Waals surface area contributed by atoms with Crippen LogP contribution < -0.4 is 15.4 Å². The van der Waals surface area contributed by atoms with Crippen molar-refractivity contribution in [2.45, 2.75) is 13.1 Å². The lowest BCUT2D eigenvalue weighted by Crippen LogP contribution is -2.29. The fourth-order valence-corrected chi connectivity index (χ4v) is 2.95. The Morgan fingerprint density at radius 3 is 2.88 bits per heavy atom. The van der Waals surface area contributed by atoms with Crippen LogP contribution in [0.5, 0.6) is 5.75 Å². The van der Waals surface area contributed by atoms with Crippen LogP contribution >= 0.6 is 11.3 Å². The number of halogens is 3. The Morgan fingerprint density at radius 1 is 1.42 bits per heavy atom. The Morgan fingerprint density at radius 2 is 2.17 bits per heavy atom. The van der Waals surface area contributed by atoms with Gasteiger partial charge in [0.2, 0.25) is 0 Å². The molecule has 0 atom stereocenters. The number of thiazole rings is 1. The lowest BCUT2D eigenvalue weighted by Gasteiger charge is -2.18. The predicted octanol–water partition coefficient (Wildman–Crippen LogP) is 2.95. The molecule has 0 saturated heterocycles. The number of nitrogens with zero attached hydrogens (tertiary/aromatic N) is 1. The van der Waals surface area contributed by atoms with Crippen molar-refractivity contribution in [1.82, 2.24) is 4.98 Å². The molecule has 0 spiro atoms. The third kappa shape index (κ3) is 3.18. The molecule has 0 aliphatic carbocycles. The van der Waals surface area contributed by atoms with Gasteiger partial charge in [0, 0.05) is 10.4 Å². The van der Waals surface area contributed by atoms with E-state index in [9.17, 15) is 22.8 Å². The molecule has 3 rings (SSSR count). The van der Waals surface area contributed by atoms with Gasteiger partial charge in [-0.1, -0.05) is 0 Å². The van der Waals surface area contributed by atoms with Crippen LogP contribution in [0.15, 0.2) is 18.2 Å². The molecule has 1 aromatic carbocycles. The Labute approximate surface area is 137 Å². The number of ether oxygens (including phenoxy) is 1. The van der Waals surface area contributed by atoms with Crippen molar-refractivity contribution >= 4 is 34.0 Å². The second-order valence-electron chi connectivity index (χ2n) is 4.92. The van der Waals surface area contributed by atoms with Crippen molar-refractivity contribution in [3.63, 3.8) is 0 Å². The minimum atomic E-state index is -4.98. The predicted molar refractivity (Wildman–Crippen MR) is 81.1 cm³/mol. The topological polar surface area (TPSA) is 80.3 Å². The molecule has 0 fully saturated rings. The van der Waals surface area contributed by atoms with Crippen molar-refractivity contribution in [2.75, 3.05) is 17.2 Å². The summed E-state index contributed by atoms with van der Waals surface area (Å²) in [6.45, 7) is 1.60. The van der Waals surface area contributed by atoms with E-state index in [1.165, 1.54) is 0 Å². The van der Waals surface area contributed by atoms with Crippen LogP contribution in [-0.2, 0) is 9.59 Å². The molecule has 0 saturated carbocycles. The quantitative estimate of drug-likeness (QED) is 0.866. The molecule has 0 radical (unpaired) electrons. The van der Waals surface area contributed by atoms with E-state index in [0.717, 1.165) is 11.3 Å². The largest absolute Gasteiger partial charge is 0.482 e. The lowest BCUT2D eigenvalue weighted by atomic mass is 10.1. The summed E-state index contributed by atoms with van der Waals surface area (Å²) in [5, 5.41) is 4.22. The van der Waals surface area contributed by atoms with Gasteiger partial charge in [0.05, 0.1) is 11.4 Å². The molecular weight excluding hydrogens is 347 g/mol. The van der Waals surface area contributed by atoms with Crippen LogP contribution in [0.25, 0.3) is 11.3 Å². The maximum absolute atomic E-state index is 12.3. The van der Waals surface area contributed by atoms with Gasteiger partial charge in [-0.15, -0.1) is 11.3 Å². The summed E-state index contributed by atoms with van der Waals surface area (Å²) in [6.07, 6.45) is -4.98. The molecule has 6 nitrogen and oxygen atoms in total. The molecule has 126 valence electrons. The number of aryl methyl sites for hydroxylation is 1. The molecule has 2 aromatic rings. The van der Waals surface area contributed by atoms with E-state index < -0.39 is 12.1 Å². The van der Waals surface area contributed by atoms with E-state index in [2.05, 4.69) is 10.3 Å². The number of nitrogens with one attached hydrogen (secondary N) is 2. The first kappa shape index (κ1) is 16.2. The number of carbonyl (C=O) groups excluding carboxylic acids is 2. The number of anilines is 2. The summed E-state index contributed by atoms with van der Waals surface area (Å²) in [6, 6.07) is 4.92. The zero-order valence-corrected chi connectivity index (χ0v) is 13.0.